The molecule has 0 bridgehead atoms. The fraction of sp³-hybridized carbons (Fsp3) is 0.250. The lowest BCUT2D eigenvalue weighted by atomic mass is 10.1. The number of alkyl carbamates (subject to hydrolysis) is 1. The summed E-state index contributed by atoms with van der Waals surface area (Å²) < 4.78 is 42.7. The molecule has 4 nitrogen and oxygen atoms in total. The third-order valence-electron chi connectivity index (χ3n) is 3.18. The maximum Gasteiger partial charge on any atom is 0.433 e. The first-order chi connectivity index (χ1) is 11.3. The molecule has 128 valence electrons. The highest BCUT2D eigenvalue weighted by Crippen LogP contribution is 2.31. The van der Waals surface area contributed by atoms with Crippen molar-refractivity contribution >= 4 is 17.7 Å². The van der Waals surface area contributed by atoms with Crippen LogP contribution in [0.2, 0.25) is 5.15 Å². The molecular weight excluding hydrogens is 345 g/mol. The predicted molar refractivity (Wildman–Crippen MR) is 82.4 cm³/mol. The summed E-state index contributed by atoms with van der Waals surface area (Å²) in [5.41, 5.74) is -0.00837. The molecule has 8 heteroatoms. The smallest absolute Gasteiger partial charge is 0.433 e. The number of nitrogens with zero attached hydrogens (tertiary/aromatic N) is 1. The Bertz CT molecular complexity index is 708. The lowest BCUT2D eigenvalue weighted by Crippen LogP contribution is -2.27. The molecule has 1 aromatic carbocycles. The zero-order chi connectivity index (χ0) is 17.7. The Hall–Kier alpha value is -2.28. The summed E-state index contributed by atoms with van der Waals surface area (Å²) in [7, 11) is 0. The van der Waals surface area contributed by atoms with Crippen molar-refractivity contribution in [3.8, 4) is 0 Å². The van der Waals surface area contributed by atoms with Crippen LogP contribution in [0.25, 0.3) is 0 Å². The second-order valence-electron chi connectivity index (χ2n) is 5.00. The van der Waals surface area contributed by atoms with Gasteiger partial charge < -0.3 is 10.1 Å². The summed E-state index contributed by atoms with van der Waals surface area (Å²) in [6.07, 6.45) is -5.28. The molecule has 1 heterocycles. The number of hydrogen-bond acceptors (Lipinski definition) is 3. The summed E-state index contributed by atoms with van der Waals surface area (Å²) in [5, 5.41) is 2.18. The highest BCUT2D eigenvalue weighted by Gasteiger charge is 2.33. The van der Waals surface area contributed by atoms with E-state index in [-0.39, 0.29) is 17.3 Å². The minimum Gasteiger partial charge on any atom is -0.445 e. The van der Waals surface area contributed by atoms with E-state index in [9.17, 15) is 18.0 Å². The first-order valence-electron chi connectivity index (χ1n) is 6.98. The average Bonchev–Trinajstić information content (AvgIpc) is 2.53. The molecule has 24 heavy (non-hydrogen) atoms. The van der Waals surface area contributed by atoms with Gasteiger partial charge in [0.1, 0.15) is 17.5 Å². The van der Waals surface area contributed by atoms with Crippen LogP contribution in [0, 0.1) is 0 Å². The van der Waals surface area contributed by atoms with Gasteiger partial charge in [0.05, 0.1) is 6.04 Å². The third kappa shape index (κ3) is 4.86. The summed E-state index contributed by atoms with van der Waals surface area (Å²) >= 11 is 5.78. The molecule has 0 spiro atoms. The molecule has 0 saturated heterocycles. The fourth-order valence-electron chi connectivity index (χ4n) is 1.95. The Balaban J connectivity index is 1.96. The maximum absolute atomic E-state index is 12.6. The number of pyridine rings is 1. The Kier molecular flexibility index (Phi) is 5.66. The van der Waals surface area contributed by atoms with Crippen LogP contribution in [0.5, 0.6) is 0 Å². The first-order valence-corrected chi connectivity index (χ1v) is 7.36. The summed E-state index contributed by atoms with van der Waals surface area (Å²) in [6.45, 7) is 1.65. The normalized spacial score (nSPS) is 12.5. The van der Waals surface area contributed by atoms with Crippen LogP contribution in [0.3, 0.4) is 0 Å². The van der Waals surface area contributed by atoms with Gasteiger partial charge in [-0.25, -0.2) is 9.78 Å². The van der Waals surface area contributed by atoms with Crippen molar-refractivity contribution < 1.29 is 22.7 Å². The molecule has 1 amide bonds. The van der Waals surface area contributed by atoms with Crippen LogP contribution in [0.1, 0.15) is 29.8 Å². The Morgan fingerprint density at radius 2 is 1.92 bits per heavy atom. The lowest BCUT2D eigenvalue weighted by Gasteiger charge is -2.16. The van der Waals surface area contributed by atoms with E-state index in [1.807, 2.05) is 18.2 Å². The number of ether oxygens (including phenoxy) is 1. The van der Waals surface area contributed by atoms with Crippen LogP contribution < -0.4 is 5.32 Å². The van der Waals surface area contributed by atoms with Gasteiger partial charge in [-0.05, 0) is 18.6 Å². The van der Waals surface area contributed by atoms with Crippen molar-refractivity contribution in [2.24, 2.45) is 0 Å². The van der Waals surface area contributed by atoms with E-state index in [0.717, 1.165) is 11.6 Å². The molecule has 1 aromatic heterocycles. The Morgan fingerprint density at radius 1 is 1.25 bits per heavy atom. The molecule has 0 aliphatic heterocycles. The summed E-state index contributed by atoms with van der Waals surface area (Å²) in [6, 6.07) is 10.4. The molecule has 0 fully saturated rings. The zero-order valence-corrected chi connectivity index (χ0v) is 13.4. The van der Waals surface area contributed by atoms with Gasteiger partial charge in [-0.3, -0.25) is 0 Å². The van der Waals surface area contributed by atoms with Crippen LogP contribution in [-0.2, 0) is 17.5 Å². The number of benzene rings is 1. The van der Waals surface area contributed by atoms with E-state index >= 15 is 0 Å². The highest BCUT2D eigenvalue weighted by atomic mass is 35.5. The van der Waals surface area contributed by atoms with Gasteiger partial charge >= 0.3 is 12.3 Å². The minimum atomic E-state index is -4.58. The molecule has 2 rings (SSSR count). The van der Waals surface area contributed by atoms with Gasteiger partial charge in [-0.1, -0.05) is 48.0 Å². The zero-order valence-electron chi connectivity index (χ0n) is 12.6. The van der Waals surface area contributed by atoms with E-state index in [1.165, 1.54) is 6.07 Å². The topological polar surface area (TPSA) is 51.2 Å². The lowest BCUT2D eigenvalue weighted by molar-refractivity contribution is -0.141. The molecule has 1 N–H and O–H groups in total. The molecule has 2 aromatic rings. The summed E-state index contributed by atoms with van der Waals surface area (Å²) in [4.78, 5) is 15.1. The molecule has 0 saturated carbocycles. The molecule has 1 atom stereocenters. The summed E-state index contributed by atoms with van der Waals surface area (Å²) in [5.74, 6) is 0. The van der Waals surface area contributed by atoms with E-state index in [4.69, 9.17) is 16.3 Å². The monoisotopic (exact) mass is 358 g/mol. The molecular formula is C16H14ClF3N2O2. The molecule has 1 unspecified atom stereocenters. The van der Waals surface area contributed by atoms with E-state index in [2.05, 4.69) is 10.3 Å². The number of carbonyl (C=O) groups is 1. The number of hydrogen-bond donors (Lipinski definition) is 1. The van der Waals surface area contributed by atoms with Crippen molar-refractivity contribution in [3.63, 3.8) is 0 Å². The van der Waals surface area contributed by atoms with Gasteiger partial charge in [0.2, 0.25) is 0 Å². The van der Waals surface area contributed by atoms with Crippen molar-refractivity contribution in [1.29, 1.82) is 0 Å². The van der Waals surface area contributed by atoms with Crippen LogP contribution in [0.4, 0.5) is 18.0 Å². The Labute approximate surface area is 141 Å². The van der Waals surface area contributed by atoms with Crippen LogP contribution in [0.15, 0.2) is 42.5 Å². The van der Waals surface area contributed by atoms with Crippen molar-refractivity contribution in [1.82, 2.24) is 10.3 Å². The minimum absolute atomic E-state index is 0.0817. The Morgan fingerprint density at radius 3 is 2.50 bits per heavy atom. The van der Waals surface area contributed by atoms with Crippen molar-refractivity contribution in [2.45, 2.75) is 25.7 Å². The number of alkyl halides is 3. The number of carbonyl (C=O) groups excluding carboxylic acids is 1. The standard InChI is InChI=1S/C16H14ClF3N2O2/c1-10(12-7-8-13(16(18,19)20)22-14(12)17)21-15(23)24-9-11-5-3-2-4-6-11/h2-8,10H,9H2,1H3,(H,21,23). The molecule has 0 aliphatic rings. The van der Waals surface area contributed by atoms with Crippen LogP contribution in [-0.4, -0.2) is 11.1 Å². The second-order valence-corrected chi connectivity index (χ2v) is 5.36. The number of aromatic nitrogens is 1. The fourth-order valence-corrected chi connectivity index (χ4v) is 2.26. The molecule has 0 radical (unpaired) electrons. The van der Waals surface area contributed by atoms with E-state index < -0.39 is 24.0 Å². The maximum atomic E-state index is 12.6. The average molecular weight is 359 g/mol. The number of amides is 1. The largest absolute Gasteiger partial charge is 0.445 e. The van der Waals surface area contributed by atoms with Crippen molar-refractivity contribution in [2.75, 3.05) is 0 Å². The van der Waals surface area contributed by atoms with Gasteiger partial charge in [0.25, 0.3) is 0 Å². The number of nitrogens with one attached hydrogen (secondary N) is 1. The number of rotatable bonds is 4. The molecule has 0 aliphatic carbocycles. The van der Waals surface area contributed by atoms with Gasteiger partial charge in [-0.15, -0.1) is 0 Å². The van der Waals surface area contributed by atoms with Crippen molar-refractivity contribution in [3.05, 3.63) is 64.4 Å². The van der Waals surface area contributed by atoms with Gasteiger partial charge in [0, 0.05) is 5.56 Å². The van der Waals surface area contributed by atoms with E-state index in [1.54, 1.807) is 19.1 Å². The van der Waals surface area contributed by atoms with E-state index in [0.29, 0.717) is 0 Å². The second kappa shape index (κ2) is 7.53. The first kappa shape index (κ1) is 18.1. The SMILES string of the molecule is CC(NC(=O)OCc1ccccc1)c1ccc(C(F)(F)F)nc1Cl. The third-order valence-corrected chi connectivity index (χ3v) is 3.48. The number of halogens is 4. The quantitative estimate of drug-likeness (QED) is 0.803. The van der Waals surface area contributed by atoms with Gasteiger partial charge in [0.15, 0.2) is 0 Å². The highest BCUT2D eigenvalue weighted by molar-refractivity contribution is 6.30. The van der Waals surface area contributed by atoms with Crippen LogP contribution >= 0.6 is 11.6 Å². The predicted octanol–water partition coefficient (Wildman–Crippen LogP) is 4.74. The van der Waals surface area contributed by atoms with Gasteiger partial charge in [-0.2, -0.15) is 13.2 Å².